The molecule has 1 heterocycles. The third-order valence-corrected chi connectivity index (χ3v) is 5.79. The number of aryl methyl sites for hydroxylation is 4. The second kappa shape index (κ2) is 8.88. The number of benzene rings is 2. The van der Waals surface area contributed by atoms with Crippen LogP contribution in [0.15, 0.2) is 35.5 Å². The van der Waals surface area contributed by atoms with Gasteiger partial charge in [-0.05, 0) is 50.1 Å². The Hall–Kier alpha value is -2.51. The van der Waals surface area contributed by atoms with Gasteiger partial charge in [0.15, 0.2) is 5.16 Å². The van der Waals surface area contributed by atoms with E-state index < -0.39 is 0 Å². The van der Waals surface area contributed by atoms with Crippen molar-refractivity contribution in [1.82, 2.24) is 14.9 Å². The lowest BCUT2D eigenvalue weighted by atomic mass is 10.1. The molecule has 6 nitrogen and oxygen atoms in total. The molecule has 0 aliphatic rings. The lowest BCUT2D eigenvalue weighted by Gasteiger charge is -2.13. The molecule has 0 spiro atoms. The first-order valence-electron chi connectivity index (χ1n) is 9.14. The molecule has 0 fully saturated rings. The summed E-state index contributed by atoms with van der Waals surface area (Å²) in [6.07, 6.45) is 0. The number of halogens is 1. The Morgan fingerprint density at radius 2 is 1.79 bits per heavy atom. The van der Waals surface area contributed by atoms with Gasteiger partial charge >= 0.3 is 0 Å². The van der Waals surface area contributed by atoms with Crippen LogP contribution in [-0.2, 0) is 16.6 Å². The van der Waals surface area contributed by atoms with Gasteiger partial charge in [-0.3, -0.25) is 9.59 Å². The van der Waals surface area contributed by atoms with Gasteiger partial charge in [0.25, 0.3) is 0 Å². The van der Waals surface area contributed by atoms with Crippen LogP contribution >= 0.6 is 23.4 Å². The molecule has 0 saturated carbocycles. The third kappa shape index (κ3) is 5.10. The third-order valence-electron chi connectivity index (χ3n) is 4.52. The lowest BCUT2D eigenvalue weighted by molar-refractivity contribution is -0.122. The van der Waals surface area contributed by atoms with Crippen molar-refractivity contribution in [3.63, 3.8) is 0 Å². The molecule has 29 heavy (non-hydrogen) atoms. The molecule has 1 aromatic heterocycles. The molecule has 8 heteroatoms. The van der Waals surface area contributed by atoms with Crippen molar-refractivity contribution >= 4 is 51.9 Å². The van der Waals surface area contributed by atoms with Crippen LogP contribution in [0, 0.1) is 20.8 Å². The standard InChI is InChI=1S/C21H23ClN4O2S/c1-12-7-13(2)20(14(3)8-12)25-18(27)10-23-19(28)11-29-21-24-16-9-15(22)5-6-17(16)26(21)4/h5-9H,10-11H2,1-4H3,(H,23,28)(H,25,27). The minimum Gasteiger partial charge on any atom is -0.346 e. The minimum atomic E-state index is -0.254. The SMILES string of the molecule is Cc1cc(C)c(NC(=O)CNC(=O)CSc2nc3cc(Cl)ccc3n2C)c(C)c1. The minimum absolute atomic E-state index is 0.0791. The molecule has 0 radical (unpaired) electrons. The first-order chi connectivity index (χ1) is 13.7. The number of amides is 2. The number of thioether (sulfide) groups is 1. The van der Waals surface area contributed by atoms with Crippen molar-refractivity contribution in [2.45, 2.75) is 25.9 Å². The van der Waals surface area contributed by atoms with E-state index in [0.717, 1.165) is 33.4 Å². The van der Waals surface area contributed by atoms with E-state index in [4.69, 9.17) is 11.6 Å². The molecular formula is C21H23ClN4O2S. The van der Waals surface area contributed by atoms with E-state index in [1.54, 1.807) is 6.07 Å². The predicted octanol–water partition coefficient (Wildman–Crippen LogP) is 4.00. The van der Waals surface area contributed by atoms with Gasteiger partial charge in [-0.1, -0.05) is 41.1 Å². The molecule has 0 unspecified atom stereocenters. The monoisotopic (exact) mass is 430 g/mol. The number of nitrogens with zero attached hydrogens (tertiary/aromatic N) is 2. The van der Waals surface area contributed by atoms with Crippen molar-refractivity contribution in [1.29, 1.82) is 0 Å². The van der Waals surface area contributed by atoms with Crippen LogP contribution in [0.25, 0.3) is 11.0 Å². The number of anilines is 1. The number of rotatable bonds is 6. The van der Waals surface area contributed by atoms with Crippen molar-refractivity contribution in [2.75, 3.05) is 17.6 Å². The van der Waals surface area contributed by atoms with Crippen LogP contribution < -0.4 is 10.6 Å². The molecule has 2 aromatic carbocycles. The largest absolute Gasteiger partial charge is 0.346 e. The first-order valence-corrected chi connectivity index (χ1v) is 10.5. The smallest absolute Gasteiger partial charge is 0.243 e. The lowest BCUT2D eigenvalue weighted by Crippen LogP contribution is -2.34. The average molecular weight is 431 g/mol. The van der Waals surface area contributed by atoms with Crippen LogP contribution in [0.1, 0.15) is 16.7 Å². The summed E-state index contributed by atoms with van der Waals surface area (Å²) >= 11 is 7.32. The van der Waals surface area contributed by atoms with Gasteiger partial charge < -0.3 is 15.2 Å². The van der Waals surface area contributed by atoms with E-state index >= 15 is 0 Å². The Morgan fingerprint density at radius 3 is 2.48 bits per heavy atom. The maximum atomic E-state index is 12.2. The molecule has 0 aliphatic carbocycles. The molecular weight excluding hydrogens is 408 g/mol. The Kier molecular flexibility index (Phi) is 6.49. The van der Waals surface area contributed by atoms with E-state index in [2.05, 4.69) is 15.6 Å². The number of carbonyl (C=O) groups is 2. The predicted molar refractivity (Wildman–Crippen MR) is 119 cm³/mol. The molecule has 0 saturated heterocycles. The van der Waals surface area contributed by atoms with E-state index in [9.17, 15) is 9.59 Å². The zero-order valence-corrected chi connectivity index (χ0v) is 18.4. The highest BCUT2D eigenvalue weighted by Crippen LogP contribution is 2.25. The molecule has 0 aliphatic heterocycles. The van der Waals surface area contributed by atoms with Gasteiger partial charge in [-0.2, -0.15) is 0 Å². The summed E-state index contributed by atoms with van der Waals surface area (Å²) in [6.45, 7) is 5.84. The number of fused-ring (bicyclic) bond motifs is 1. The summed E-state index contributed by atoms with van der Waals surface area (Å²) in [5.74, 6) is -0.316. The zero-order valence-electron chi connectivity index (χ0n) is 16.8. The van der Waals surface area contributed by atoms with Crippen molar-refractivity contribution in [3.05, 3.63) is 52.0 Å². The number of hydrogen-bond acceptors (Lipinski definition) is 4. The van der Waals surface area contributed by atoms with Crippen LogP contribution in [0.3, 0.4) is 0 Å². The molecule has 0 bridgehead atoms. The van der Waals surface area contributed by atoms with Crippen molar-refractivity contribution in [3.8, 4) is 0 Å². The molecule has 2 N–H and O–H groups in total. The topological polar surface area (TPSA) is 76.0 Å². The number of imidazole rings is 1. The van der Waals surface area contributed by atoms with E-state index in [-0.39, 0.29) is 24.1 Å². The summed E-state index contributed by atoms with van der Waals surface area (Å²) in [4.78, 5) is 28.9. The highest BCUT2D eigenvalue weighted by Gasteiger charge is 2.13. The van der Waals surface area contributed by atoms with Crippen molar-refractivity contribution in [2.24, 2.45) is 7.05 Å². The van der Waals surface area contributed by atoms with E-state index in [1.807, 2.05) is 56.7 Å². The van der Waals surface area contributed by atoms with Gasteiger partial charge in [-0.15, -0.1) is 0 Å². The Morgan fingerprint density at radius 1 is 1.10 bits per heavy atom. The van der Waals surface area contributed by atoms with E-state index in [0.29, 0.717) is 10.2 Å². The Labute approximate surface area is 179 Å². The zero-order chi connectivity index (χ0) is 21.1. The van der Waals surface area contributed by atoms with E-state index in [1.165, 1.54) is 11.8 Å². The summed E-state index contributed by atoms with van der Waals surface area (Å²) < 4.78 is 1.92. The van der Waals surface area contributed by atoms with Crippen molar-refractivity contribution < 1.29 is 9.59 Å². The van der Waals surface area contributed by atoms with Gasteiger partial charge in [0, 0.05) is 17.8 Å². The Balaban J connectivity index is 1.53. The number of carbonyl (C=O) groups excluding carboxylic acids is 2. The molecule has 3 rings (SSSR count). The second-order valence-corrected chi connectivity index (χ2v) is 8.35. The Bertz CT molecular complexity index is 1070. The number of aromatic nitrogens is 2. The number of nitrogens with one attached hydrogen (secondary N) is 2. The molecule has 0 atom stereocenters. The van der Waals surface area contributed by atoms with Gasteiger partial charge in [0.05, 0.1) is 23.3 Å². The fourth-order valence-corrected chi connectivity index (χ4v) is 4.18. The average Bonchev–Trinajstić information content (AvgIpc) is 2.96. The highest BCUT2D eigenvalue weighted by atomic mass is 35.5. The number of hydrogen-bond donors (Lipinski definition) is 2. The van der Waals surface area contributed by atoms with Crippen LogP contribution in [-0.4, -0.2) is 33.7 Å². The van der Waals surface area contributed by atoms with Crippen LogP contribution in [0.5, 0.6) is 0 Å². The maximum Gasteiger partial charge on any atom is 0.243 e. The van der Waals surface area contributed by atoms with Crippen LogP contribution in [0.2, 0.25) is 5.02 Å². The van der Waals surface area contributed by atoms with Gasteiger partial charge in [0.2, 0.25) is 11.8 Å². The first kappa shape index (κ1) is 21.2. The molecule has 3 aromatic rings. The summed E-state index contributed by atoms with van der Waals surface area (Å²) in [6, 6.07) is 9.53. The van der Waals surface area contributed by atoms with Gasteiger partial charge in [0.1, 0.15) is 0 Å². The molecule has 2 amide bonds. The summed E-state index contributed by atoms with van der Waals surface area (Å²) in [5, 5.41) is 6.87. The quantitative estimate of drug-likeness (QED) is 0.579. The summed E-state index contributed by atoms with van der Waals surface area (Å²) in [5.41, 5.74) is 5.67. The normalized spacial score (nSPS) is 10.9. The fourth-order valence-electron chi connectivity index (χ4n) is 3.20. The van der Waals surface area contributed by atoms with Crippen LogP contribution in [0.4, 0.5) is 5.69 Å². The highest BCUT2D eigenvalue weighted by molar-refractivity contribution is 7.99. The second-order valence-electron chi connectivity index (χ2n) is 6.97. The fraction of sp³-hybridized carbons (Fsp3) is 0.286. The maximum absolute atomic E-state index is 12.2. The van der Waals surface area contributed by atoms with Gasteiger partial charge in [-0.25, -0.2) is 4.98 Å². The molecule has 152 valence electrons. The summed E-state index contributed by atoms with van der Waals surface area (Å²) in [7, 11) is 1.89.